The molecule has 0 spiro atoms. The van der Waals surface area contributed by atoms with Gasteiger partial charge in [0.15, 0.2) is 5.58 Å². The number of hydrogen-bond acceptors (Lipinski definition) is 4. The third kappa shape index (κ3) is 2.34. The van der Waals surface area contributed by atoms with Crippen molar-refractivity contribution in [3.05, 3.63) is 27.5 Å². The molecule has 4 nitrogen and oxygen atoms in total. The molecule has 0 atom stereocenters. The van der Waals surface area contributed by atoms with Crippen LogP contribution in [0.2, 0.25) is 0 Å². The monoisotopic (exact) mass is 331 g/mol. The predicted molar refractivity (Wildman–Crippen MR) is 67.1 cm³/mol. The number of aromatic nitrogens is 1. The lowest BCUT2D eigenvalue weighted by Crippen LogP contribution is -2.07. The van der Waals surface area contributed by atoms with Crippen LogP contribution in [0.5, 0.6) is 0 Å². The smallest absolute Gasteiger partial charge is 0.312 e. The van der Waals surface area contributed by atoms with Gasteiger partial charge < -0.3 is 9.26 Å². The second-order valence-electron chi connectivity index (χ2n) is 3.25. The van der Waals surface area contributed by atoms with Crippen molar-refractivity contribution in [1.82, 2.24) is 5.16 Å². The van der Waals surface area contributed by atoms with Gasteiger partial charge in [-0.25, -0.2) is 0 Å². The largest absolute Gasteiger partial charge is 0.466 e. The molecule has 2 aromatic rings. The van der Waals surface area contributed by atoms with E-state index in [0.717, 1.165) is 8.96 Å². The van der Waals surface area contributed by atoms with Crippen LogP contribution in [0.15, 0.2) is 22.7 Å². The first-order valence-corrected chi connectivity index (χ1v) is 5.98. The summed E-state index contributed by atoms with van der Waals surface area (Å²) in [7, 11) is 0. The summed E-state index contributed by atoms with van der Waals surface area (Å²) in [6, 6.07) is 5.74. The molecule has 0 aliphatic carbocycles. The number of carbonyl (C=O) groups excluding carboxylic acids is 1. The summed E-state index contributed by atoms with van der Waals surface area (Å²) < 4.78 is 11.1. The lowest BCUT2D eigenvalue weighted by Gasteiger charge is -1.98. The molecule has 5 heteroatoms. The highest BCUT2D eigenvalue weighted by Crippen LogP contribution is 2.21. The summed E-state index contributed by atoms with van der Waals surface area (Å²) in [6.45, 7) is 2.16. The maximum atomic E-state index is 11.3. The minimum Gasteiger partial charge on any atom is -0.466 e. The average Bonchev–Trinajstić information content (AvgIpc) is 2.61. The van der Waals surface area contributed by atoms with E-state index in [-0.39, 0.29) is 12.4 Å². The Kier molecular flexibility index (Phi) is 3.42. The van der Waals surface area contributed by atoms with Gasteiger partial charge in [0.2, 0.25) is 0 Å². The molecule has 0 fully saturated rings. The Balaban J connectivity index is 2.28. The minimum atomic E-state index is -0.281. The van der Waals surface area contributed by atoms with Gasteiger partial charge in [0, 0.05) is 8.96 Å². The molecule has 0 bridgehead atoms. The molecule has 16 heavy (non-hydrogen) atoms. The standard InChI is InChI=1S/C11H10INO3/c1-2-15-11(14)6-9-8-4-3-7(12)5-10(8)16-13-9/h3-5H,2,6H2,1H3. The van der Waals surface area contributed by atoms with E-state index >= 15 is 0 Å². The van der Waals surface area contributed by atoms with Crippen molar-refractivity contribution in [3.8, 4) is 0 Å². The molecular weight excluding hydrogens is 321 g/mol. The molecule has 1 heterocycles. The number of hydrogen-bond donors (Lipinski definition) is 0. The van der Waals surface area contributed by atoms with E-state index in [0.29, 0.717) is 17.9 Å². The second-order valence-corrected chi connectivity index (χ2v) is 4.50. The highest BCUT2D eigenvalue weighted by atomic mass is 127. The van der Waals surface area contributed by atoms with E-state index in [2.05, 4.69) is 27.7 Å². The van der Waals surface area contributed by atoms with Crippen LogP contribution >= 0.6 is 22.6 Å². The number of esters is 1. The van der Waals surface area contributed by atoms with Gasteiger partial charge in [0.05, 0.1) is 13.0 Å². The molecule has 1 aromatic heterocycles. The van der Waals surface area contributed by atoms with Crippen LogP contribution in [-0.2, 0) is 16.0 Å². The highest BCUT2D eigenvalue weighted by molar-refractivity contribution is 14.1. The van der Waals surface area contributed by atoms with Gasteiger partial charge in [-0.3, -0.25) is 4.79 Å². The van der Waals surface area contributed by atoms with Crippen LogP contribution in [-0.4, -0.2) is 17.7 Å². The Bertz CT molecular complexity index is 521. The topological polar surface area (TPSA) is 52.3 Å². The van der Waals surface area contributed by atoms with E-state index in [1.807, 2.05) is 18.2 Å². The highest BCUT2D eigenvalue weighted by Gasteiger charge is 2.12. The lowest BCUT2D eigenvalue weighted by atomic mass is 10.2. The first-order chi connectivity index (χ1) is 7.70. The van der Waals surface area contributed by atoms with Gasteiger partial charge in [-0.1, -0.05) is 5.16 Å². The van der Waals surface area contributed by atoms with E-state index < -0.39 is 0 Å². The van der Waals surface area contributed by atoms with E-state index in [1.165, 1.54) is 0 Å². The third-order valence-corrected chi connectivity index (χ3v) is 2.80. The van der Waals surface area contributed by atoms with Gasteiger partial charge >= 0.3 is 5.97 Å². The Morgan fingerprint density at radius 3 is 3.12 bits per heavy atom. The average molecular weight is 331 g/mol. The maximum absolute atomic E-state index is 11.3. The summed E-state index contributed by atoms with van der Waals surface area (Å²) in [4.78, 5) is 11.3. The summed E-state index contributed by atoms with van der Waals surface area (Å²) in [5.41, 5.74) is 1.33. The molecule has 0 unspecified atom stereocenters. The number of nitrogens with zero attached hydrogens (tertiary/aromatic N) is 1. The molecule has 1 aromatic carbocycles. The Morgan fingerprint density at radius 2 is 2.38 bits per heavy atom. The fraction of sp³-hybridized carbons (Fsp3) is 0.273. The van der Waals surface area contributed by atoms with Crippen molar-refractivity contribution in [2.75, 3.05) is 6.61 Å². The quantitative estimate of drug-likeness (QED) is 0.641. The third-order valence-electron chi connectivity index (χ3n) is 2.13. The van der Waals surface area contributed by atoms with Crippen LogP contribution in [0.1, 0.15) is 12.6 Å². The zero-order valence-corrected chi connectivity index (χ0v) is 10.9. The molecule has 0 saturated carbocycles. The van der Waals surface area contributed by atoms with Crippen molar-refractivity contribution in [2.45, 2.75) is 13.3 Å². The zero-order chi connectivity index (χ0) is 11.5. The van der Waals surface area contributed by atoms with E-state index in [9.17, 15) is 4.79 Å². The molecule has 2 rings (SSSR count). The first-order valence-electron chi connectivity index (χ1n) is 4.90. The van der Waals surface area contributed by atoms with Gasteiger partial charge in [0.1, 0.15) is 5.69 Å². The number of halogens is 1. The van der Waals surface area contributed by atoms with Crippen LogP contribution in [0.4, 0.5) is 0 Å². The molecule has 0 aliphatic rings. The SMILES string of the molecule is CCOC(=O)Cc1noc2cc(I)ccc12. The summed E-state index contributed by atoms with van der Waals surface area (Å²) in [6.07, 6.45) is 0.154. The van der Waals surface area contributed by atoms with Crippen molar-refractivity contribution in [2.24, 2.45) is 0 Å². The molecule has 84 valence electrons. The summed E-state index contributed by atoms with van der Waals surface area (Å²) in [5.74, 6) is -0.281. The second kappa shape index (κ2) is 4.82. The normalized spacial score (nSPS) is 10.6. The van der Waals surface area contributed by atoms with Gasteiger partial charge in [0.25, 0.3) is 0 Å². The Morgan fingerprint density at radius 1 is 1.56 bits per heavy atom. The summed E-state index contributed by atoms with van der Waals surface area (Å²) >= 11 is 2.20. The van der Waals surface area contributed by atoms with Gasteiger partial charge in [-0.15, -0.1) is 0 Å². The molecular formula is C11H10INO3. The van der Waals surface area contributed by atoms with Crippen molar-refractivity contribution in [3.63, 3.8) is 0 Å². The zero-order valence-electron chi connectivity index (χ0n) is 8.70. The van der Waals surface area contributed by atoms with Crippen molar-refractivity contribution < 1.29 is 14.1 Å². The van der Waals surface area contributed by atoms with Gasteiger partial charge in [-0.05, 0) is 47.7 Å². The Hall–Kier alpha value is -1.11. The number of benzene rings is 1. The first kappa shape index (κ1) is 11.4. The van der Waals surface area contributed by atoms with E-state index in [1.54, 1.807) is 6.92 Å². The van der Waals surface area contributed by atoms with Crippen LogP contribution in [0.3, 0.4) is 0 Å². The number of rotatable bonds is 3. The molecule has 0 radical (unpaired) electrons. The fourth-order valence-corrected chi connectivity index (χ4v) is 1.90. The minimum absolute atomic E-state index is 0.154. The van der Waals surface area contributed by atoms with Gasteiger partial charge in [-0.2, -0.15) is 0 Å². The lowest BCUT2D eigenvalue weighted by molar-refractivity contribution is -0.142. The number of carbonyl (C=O) groups is 1. The van der Waals surface area contributed by atoms with Crippen LogP contribution < -0.4 is 0 Å². The van der Waals surface area contributed by atoms with Crippen LogP contribution in [0.25, 0.3) is 11.0 Å². The molecule has 0 N–H and O–H groups in total. The van der Waals surface area contributed by atoms with E-state index in [4.69, 9.17) is 9.26 Å². The summed E-state index contributed by atoms with van der Waals surface area (Å²) in [5, 5.41) is 4.75. The molecule has 0 aliphatic heterocycles. The molecule has 0 saturated heterocycles. The molecule has 0 amide bonds. The fourth-order valence-electron chi connectivity index (χ4n) is 1.44. The Labute approximate surface area is 106 Å². The van der Waals surface area contributed by atoms with Crippen LogP contribution in [0, 0.1) is 3.57 Å². The number of ether oxygens (including phenoxy) is 1. The van der Waals surface area contributed by atoms with Crippen molar-refractivity contribution in [1.29, 1.82) is 0 Å². The predicted octanol–water partition coefficient (Wildman–Crippen LogP) is 2.54. The number of fused-ring (bicyclic) bond motifs is 1. The van der Waals surface area contributed by atoms with Crippen molar-refractivity contribution >= 4 is 39.5 Å². The maximum Gasteiger partial charge on any atom is 0.312 e.